The molecule has 9 heteroatoms. The number of rotatable bonds is 11. The normalized spacial score (nSPS) is 12.8. The van der Waals surface area contributed by atoms with E-state index in [0.717, 1.165) is 44.5 Å². The monoisotopic (exact) mass is 694 g/mol. The van der Waals surface area contributed by atoms with Crippen LogP contribution in [0.3, 0.4) is 0 Å². The van der Waals surface area contributed by atoms with Crippen LogP contribution in [0, 0.1) is 52.0 Å². The molecule has 6 nitrogen and oxygen atoms in total. The van der Waals surface area contributed by atoms with Gasteiger partial charge in [0.25, 0.3) is 0 Å². The summed E-state index contributed by atoms with van der Waals surface area (Å²) in [6.07, 6.45) is -1.68. The van der Waals surface area contributed by atoms with Gasteiger partial charge in [-0.15, -0.1) is 0 Å². The Hall–Kier alpha value is -3.21. The van der Waals surface area contributed by atoms with Crippen molar-refractivity contribution in [3.05, 3.63) is 90.0 Å². The number of likely N-dealkylation sites (N-methyl/N-ethyl adjacent to an activating group) is 2. The molecule has 2 amide bonds. The second-order valence-corrected chi connectivity index (χ2v) is 13.1. The predicted octanol–water partition coefficient (Wildman–Crippen LogP) is 6.76. The first-order valence-corrected chi connectivity index (χ1v) is 16.5. The van der Waals surface area contributed by atoms with Crippen molar-refractivity contribution in [2.24, 2.45) is 0 Å². The summed E-state index contributed by atoms with van der Waals surface area (Å²) in [4.78, 5) is 25.9. The Kier molecular flexibility index (Phi) is 11.3. The molecule has 0 saturated carbocycles. The van der Waals surface area contributed by atoms with Crippen LogP contribution in [0.5, 0.6) is 11.5 Å². The van der Waals surface area contributed by atoms with Gasteiger partial charge in [0.2, 0.25) is 0 Å². The molecule has 3 aromatic rings. The number of ether oxygens (including phenoxy) is 2. The number of nitrogens with one attached hydrogen (secondary N) is 2. The van der Waals surface area contributed by atoms with Gasteiger partial charge in [-0.2, -0.15) is 0 Å². The van der Waals surface area contributed by atoms with E-state index in [1.807, 2.05) is 65.8 Å². The van der Waals surface area contributed by atoms with Gasteiger partial charge in [0.1, 0.15) is 0 Å². The minimum absolute atomic E-state index is 0.0884. The number of hydrogen-bond donors (Lipinski definition) is 2. The van der Waals surface area contributed by atoms with Gasteiger partial charge in [0.15, 0.2) is 0 Å². The molecule has 228 valence electrons. The van der Waals surface area contributed by atoms with Crippen LogP contribution in [-0.2, 0) is 22.4 Å². The summed E-state index contributed by atoms with van der Waals surface area (Å²) in [5.41, 5.74) is 8.66. The van der Waals surface area contributed by atoms with Crippen molar-refractivity contribution in [3.63, 3.8) is 0 Å². The van der Waals surface area contributed by atoms with Crippen molar-refractivity contribution in [2.75, 3.05) is 14.1 Å². The van der Waals surface area contributed by atoms with E-state index in [2.05, 4.69) is 10.6 Å². The fourth-order valence-corrected chi connectivity index (χ4v) is 6.82. The molecule has 0 saturated heterocycles. The summed E-state index contributed by atoms with van der Waals surface area (Å²) in [6.45, 7) is 13.6. The van der Waals surface area contributed by atoms with E-state index in [1.165, 1.54) is 26.2 Å². The number of halogens is 3. The van der Waals surface area contributed by atoms with E-state index in [9.17, 15) is 15.3 Å². The van der Waals surface area contributed by atoms with Gasteiger partial charge in [-0.05, 0) is 0 Å². The van der Waals surface area contributed by atoms with Gasteiger partial charge in [-0.25, -0.2) is 0 Å². The summed E-state index contributed by atoms with van der Waals surface area (Å²) in [7, 11) is 2.98. The molecule has 3 rings (SSSR count). The molecule has 2 N–H and O–H groups in total. The average molecular weight is 695 g/mol. The second kappa shape index (κ2) is 14.3. The zero-order valence-corrected chi connectivity index (χ0v) is 28.0. The number of aryl methyl sites for hydroxylation is 7. The molecule has 0 aliphatic carbocycles. The van der Waals surface area contributed by atoms with Crippen LogP contribution in [0.15, 0.2) is 36.4 Å². The number of carbonyl (C=O) groups excluding carboxylic acids is 2. The molecule has 0 aromatic heterocycles. The van der Waals surface area contributed by atoms with Crippen LogP contribution in [-0.4, -0.2) is 38.1 Å². The van der Waals surface area contributed by atoms with Crippen LogP contribution in [0.4, 0.5) is 5.72 Å². The maximum atomic E-state index is 14.9. The van der Waals surface area contributed by atoms with Gasteiger partial charge >= 0.3 is 257 Å². The van der Waals surface area contributed by atoms with Gasteiger partial charge in [-0.1, -0.05) is 0 Å². The van der Waals surface area contributed by atoms with Crippen LogP contribution < -0.4 is 20.1 Å². The molecule has 42 heavy (non-hydrogen) atoms. The first kappa shape index (κ1) is 33.3. The zero-order valence-electron chi connectivity index (χ0n) is 25.8. The van der Waals surface area contributed by atoms with E-state index in [1.54, 1.807) is 6.92 Å². The Morgan fingerprint density at radius 3 is 1.24 bits per heavy atom. The third kappa shape index (κ3) is 7.99. The molecule has 0 aliphatic rings. The van der Waals surface area contributed by atoms with Gasteiger partial charge < -0.3 is 0 Å². The van der Waals surface area contributed by atoms with Gasteiger partial charge in [0.05, 0.1) is 0 Å². The van der Waals surface area contributed by atoms with Crippen molar-refractivity contribution >= 4 is 32.8 Å². The van der Waals surface area contributed by atoms with Gasteiger partial charge in [-0.3, -0.25) is 0 Å². The summed E-state index contributed by atoms with van der Waals surface area (Å²) >= 11 is -4.76. The van der Waals surface area contributed by atoms with E-state index < -0.39 is 45.0 Å². The Morgan fingerprint density at radius 1 is 0.643 bits per heavy atom. The molecule has 0 radical (unpaired) electrons. The summed E-state index contributed by atoms with van der Waals surface area (Å²) in [6, 6.07) is 11.1. The molecule has 3 aromatic carbocycles. The number of hydrogen-bond acceptors (Lipinski definition) is 4. The Morgan fingerprint density at radius 2 is 0.952 bits per heavy atom. The third-order valence-corrected chi connectivity index (χ3v) is 9.25. The van der Waals surface area contributed by atoms with Crippen LogP contribution in [0.25, 0.3) is 0 Å². The van der Waals surface area contributed by atoms with Crippen LogP contribution in [0.2, 0.25) is 0 Å². The number of carbonyl (C=O) groups is 2. The molecular weight excluding hydrogens is 653 g/mol. The van der Waals surface area contributed by atoms with Crippen molar-refractivity contribution in [3.8, 4) is 11.5 Å². The Labute approximate surface area is 256 Å². The fraction of sp³-hybridized carbons (Fsp3) is 0.394. The van der Waals surface area contributed by atoms with Crippen molar-refractivity contribution in [1.82, 2.24) is 10.6 Å². The molecule has 2 atom stereocenters. The van der Waals surface area contributed by atoms with Crippen LogP contribution >= 0.6 is 21.0 Å². The molecule has 0 bridgehead atoms. The summed E-state index contributed by atoms with van der Waals surface area (Å²) in [5.74, 6) is -1.02. The van der Waals surface area contributed by atoms with Crippen LogP contribution in [0.1, 0.15) is 50.1 Å². The third-order valence-electron chi connectivity index (χ3n) is 7.37. The van der Waals surface area contributed by atoms with E-state index in [4.69, 9.17) is 9.47 Å². The van der Waals surface area contributed by atoms with Gasteiger partial charge in [0, 0.05) is 0 Å². The van der Waals surface area contributed by atoms with Crippen molar-refractivity contribution in [2.45, 2.75) is 73.5 Å². The predicted molar refractivity (Wildman–Crippen MR) is 172 cm³/mol. The zero-order chi connectivity index (χ0) is 31.3. The molecule has 0 heterocycles. The standard InChI is InChI=1S/C33H41F2IN2O4/c1-18-10-21(4)25(22(5)11-18)16-29(32(39)37-8)41-27-14-20(3)15-28(31(27)36(34)35)42-30(33(40)38-9)17-26-23(6)12-19(2)13-24(26)7/h10-15,29-30H,16-17H2,1-9H3,(H,37,39)(H,38,40)/t29-,30+. The maximum absolute atomic E-state index is 14.9. The fourth-order valence-electron chi connectivity index (χ4n) is 5.45. The Balaban J connectivity index is 2.05. The topological polar surface area (TPSA) is 76.7 Å². The van der Waals surface area contributed by atoms with E-state index >= 15 is 0 Å². The molecule has 0 aliphatic heterocycles. The first-order valence-electron chi connectivity index (χ1n) is 13.8. The molecule has 0 spiro atoms. The van der Waals surface area contributed by atoms with Crippen molar-refractivity contribution < 1.29 is 24.8 Å². The molecule has 0 unspecified atom stereocenters. The minimum atomic E-state index is -4.76. The Bertz CT molecular complexity index is 1330. The van der Waals surface area contributed by atoms with E-state index in [0.29, 0.717) is 5.56 Å². The molecular formula is C33H41F2IN2O4. The summed E-state index contributed by atoms with van der Waals surface area (Å²) in [5, 5.41) is 5.21. The average Bonchev–Trinajstić information content (AvgIpc) is 2.89. The SMILES string of the molecule is CNC(=O)[C@H](Cc1c(C)cc(C)cc1C)Oc1cc(C)cc(O[C@H](Cc2c(C)cc(C)cc2C)C(=O)NC)c1I(F)F. The van der Waals surface area contributed by atoms with E-state index in [-0.39, 0.29) is 27.9 Å². The first-order chi connectivity index (χ1) is 19.7. The number of amides is 2. The molecule has 0 fully saturated rings. The second-order valence-electron chi connectivity index (χ2n) is 10.9. The van der Waals surface area contributed by atoms with Crippen molar-refractivity contribution in [1.29, 1.82) is 0 Å². The number of benzene rings is 3. The quantitative estimate of drug-likeness (QED) is 0.218. The summed E-state index contributed by atoms with van der Waals surface area (Å²) < 4.78 is 41.7.